The van der Waals surface area contributed by atoms with E-state index in [1.807, 2.05) is 103 Å². The summed E-state index contributed by atoms with van der Waals surface area (Å²) in [6, 6.07) is 23.7. The Balaban J connectivity index is 1.67. The van der Waals surface area contributed by atoms with Gasteiger partial charge in [0.15, 0.2) is 0 Å². The zero-order valence-electron chi connectivity index (χ0n) is 17.6. The Morgan fingerprint density at radius 2 is 1.65 bits per heavy atom. The van der Waals surface area contributed by atoms with Crippen LogP contribution >= 0.6 is 11.6 Å². The summed E-state index contributed by atoms with van der Waals surface area (Å²) >= 11 is 6.19. The second-order valence-electron chi connectivity index (χ2n) is 7.72. The van der Waals surface area contributed by atoms with Crippen molar-refractivity contribution in [3.05, 3.63) is 101 Å². The third kappa shape index (κ3) is 4.86. The molecule has 1 aromatic heterocycles. The van der Waals surface area contributed by atoms with Gasteiger partial charge < -0.3 is 9.80 Å². The van der Waals surface area contributed by atoms with Crippen LogP contribution in [0.2, 0.25) is 5.02 Å². The normalized spacial score (nSPS) is 10.8. The van der Waals surface area contributed by atoms with Gasteiger partial charge in [0.1, 0.15) is 0 Å². The minimum absolute atomic E-state index is 0.00994. The Morgan fingerprint density at radius 3 is 2.39 bits per heavy atom. The van der Waals surface area contributed by atoms with E-state index in [2.05, 4.69) is 4.98 Å². The van der Waals surface area contributed by atoms with Crippen molar-refractivity contribution in [3.8, 4) is 0 Å². The summed E-state index contributed by atoms with van der Waals surface area (Å²) in [7, 11) is 3.99. The van der Waals surface area contributed by atoms with Crippen LogP contribution in [0.3, 0.4) is 0 Å². The first-order valence-corrected chi connectivity index (χ1v) is 10.5. The van der Waals surface area contributed by atoms with Crippen molar-refractivity contribution in [2.24, 2.45) is 0 Å². The van der Waals surface area contributed by atoms with E-state index in [1.54, 1.807) is 6.20 Å². The van der Waals surface area contributed by atoms with Crippen molar-refractivity contribution >= 4 is 39.7 Å². The maximum absolute atomic E-state index is 13.5. The van der Waals surface area contributed by atoms with Crippen LogP contribution < -0.4 is 9.80 Å². The monoisotopic (exact) mass is 429 g/mol. The van der Waals surface area contributed by atoms with E-state index in [1.165, 1.54) is 0 Å². The lowest BCUT2D eigenvalue weighted by Crippen LogP contribution is -2.32. The molecule has 0 spiro atoms. The van der Waals surface area contributed by atoms with Gasteiger partial charge in [-0.05, 0) is 52.9 Å². The fourth-order valence-corrected chi connectivity index (χ4v) is 3.86. The minimum atomic E-state index is 0.00994. The smallest absolute Gasteiger partial charge is 0.231 e. The van der Waals surface area contributed by atoms with E-state index in [9.17, 15) is 4.79 Å². The minimum Gasteiger partial charge on any atom is -0.378 e. The zero-order valence-corrected chi connectivity index (χ0v) is 18.4. The molecular weight excluding hydrogens is 406 g/mol. The van der Waals surface area contributed by atoms with E-state index in [0.29, 0.717) is 11.6 Å². The number of aromatic nitrogens is 1. The zero-order chi connectivity index (χ0) is 21.8. The van der Waals surface area contributed by atoms with Gasteiger partial charge in [0.05, 0.1) is 13.0 Å². The quantitative estimate of drug-likeness (QED) is 0.392. The molecule has 0 unspecified atom stereocenters. The number of rotatable bonds is 6. The number of anilines is 2. The summed E-state index contributed by atoms with van der Waals surface area (Å²) in [4.78, 5) is 21.7. The summed E-state index contributed by atoms with van der Waals surface area (Å²) in [5.74, 6) is 0.00994. The molecule has 0 saturated heterocycles. The first-order chi connectivity index (χ1) is 15.0. The van der Waals surface area contributed by atoms with Crippen molar-refractivity contribution in [2.75, 3.05) is 23.9 Å². The molecule has 0 fully saturated rings. The third-order valence-electron chi connectivity index (χ3n) is 5.30. The van der Waals surface area contributed by atoms with Crippen LogP contribution in [0.5, 0.6) is 0 Å². The molecule has 0 aliphatic heterocycles. The van der Waals surface area contributed by atoms with Crippen LogP contribution in [0.1, 0.15) is 11.1 Å². The van der Waals surface area contributed by atoms with Crippen molar-refractivity contribution in [1.82, 2.24) is 4.98 Å². The van der Waals surface area contributed by atoms with E-state index in [-0.39, 0.29) is 12.3 Å². The van der Waals surface area contributed by atoms with Crippen molar-refractivity contribution in [3.63, 3.8) is 0 Å². The maximum atomic E-state index is 13.5. The molecule has 0 radical (unpaired) electrons. The van der Waals surface area contributed by atoms with Crippen molar-refractivity contribution in [2.45, 2.75) is 13.0 Å². The summed E-state index contributed by atoms with van der Waals surface area (Å²) in [5, 5.41) is 2.74. The second kappa shape index (κ2) is 9.19. The van der Waals surface area contributed by atoms with Crippen LogP contribution in [-0.2, 0) is 17.8 Å². The van der Waals surface area contributed by atoms with Crippen LogP contribution in [0, 0.1) is 0 Å². The molecule has 1 heterocycles. The lowest BCUT2D eigenvalue weighted by Gasteiger charge is -2.24. The largest absolute Gasteiger partial charge is 0.378 e. The summed E-state index contributed by atoms with van der Waals surface area (Å²) in [6.45, 7) is 0.443. The number of benzene rings is 3. The highest BCUT2D eigenvalue weighted by atomic mass is 35.5. The van der Waals surface area contributed by atoms with Gasteiger partial charge in [0.25, 0.3) is 0 Å². The van der Waals surface area contributed by atoms with Gasteiger partial charge in [-0.1, -0.05) is 48.0 Å². The Kier molecular flexibility index (Phi) is 6.19. The number of carbonyl (C=O) groups is 1. The molecule has 3 aromatic carbocycles. The lowest BCUT2D eigenvalue weighted by atomic mass is 10.0. The van der Waals surface area contributed by atoms with Crippen LogP contribution in [-0.4, -0.2) is 25.0 Å². The molecule has 4 aromatic rings. The topological polar surface area (TPSA) is 36.4 Å². The van der Waals surface area contributed by atoms with Gasteiger partial charge >= 0.3 is 0 Å². The number of fused-ring (bicyclic) bond motifs is 1. The number of amides is 1. The van der Waals surface area contributed by atoms with Crippen LogP contribution in [0.25, 0.3) is 10.8 Å². The molecule has 31 heavy (non-hydrogen) atoms. The van der Waals surface area contributed by atoms with E-state index in [4.69, 9.17) is 11.6 Å². The molecule has 4 rings (SSSR count). The summed E-state index contributed by atoms with van der Waals surface area (Å²) in [5.41, 5.74) is 3.83. The van der Waals surface area contributed by atoms with E-state index >= 15 is 0 Å². The third-order valence-corrected chi connectivity index (χ3v) is 5.54. The highest BCUT2D eigenvalue weighted by molar-refractivity contribution is 6.30. The molecule has 0 N–H and O–H groups in total. The van der Waals surface area contributed by atoms with Gasteiger partial charge in [0, 0.05) is 48.3 Å². The molecule has 0 saturated carbocycles. The number of hydrogen-bond acceptors (Lipinski definition) is 3. The summed E-state index contributed by atoms with van der Waals surface area (Å²) in [6.07, 6.45) is 3.88. The van der Waals surface area contributed by atoms with Crippen molar-refractivity contribution < 1.29 is 4.79 Å². The Bertz CT molecular complexity index is 1200. The Morgan fingerprint density at radius 1 is 0.903 bits per heavy atom. The van der Waals surface area contributed by atoms with Gasteiger partial charge in [-0.25, -0.2) is 0 Å². The molecule has 0 bridgehead atoms. The van der Waals surface area contributed by atoms with Crippen LogP contribution in [0.15, 0.2) is 85.2 Å². The molecule has 0 atom stereocenters. The van der Waals surface area contributed by atoms with E-state index < -0.39 is 0 Å². The number of carbonyl (C=O) groups excluding carboxylic acids is 1. The number of nitrogens with zero attached hydrogens (tertiary/aromatic N) is 3. The number of halogens is 1. The lowest BCUT2D eigenvalue weighted by molar-refractivity contribution is -0.118. The second-order valence-corrected chi connectivity index (χ2v) is 8.15. The number of pyridine rings is 1. The standard InChI is InChI=1S/C26H24ClN3O/c1-29(2)23-10-12-24(13-11-23)30(18-19-6-5-8-22(27)14-19)26(31)15-21-17-28-16-20-7-3-4-9-25(20)21/h3-14,16-17H,15,18H2,1-2H3. The summed E-state index contributed by atoms with van der Waals surface area (Å²) < 4.78 is 0. The highest BCUT2D eigenvalue weighted by Crippen LogP contribution is 2.25. The Hall–Kier alpha value is -3.37. The molecule has 156 valence electrons. The predicted octanol–water partition coefficient (Wildman–Crippen LogP) is 5.73. The molecule has 1 amide bonds. The average molecular weight is 430 g/mol. The molecular formula is C26H24ClN3O. The molecule has 0 aliphatic carbocycles. The van der Waals surface area contributed by atoms with E-state index in [0.717, 1.165) is 33.3 Å². The molecule has 4 nitrogen and oxygen atoms in total. The predicted molar refractivity (Wildman–Crippen MR) is 129 cm³/mol. The SMILES string of the molecule is CN(C)c1ccc(N(Cc2cccc(Cl)c2)C(=O)Cc2cncc3ccccc23)cc1. The molecule has 5 heteroatoms. The van der Waals surface area contributed by atoms with Gasteiger partial charge in [-0.2, -0.15) is 0 Å². The maximum Gasteiger partial charge on any atom is 0.231 e. The first-order valence-electron chi connectivity index (χ1n) is 10.1. The fourth-order valence-electron chi connectivity index (χ4n) is 3.65. The Labute approximate surface area is 187 Å². The molecule has 0 aliphatic rings. The van der Waals surface area contributed by atoms with Gasteiger partial charge in [-0.15, -0.1) is 0 Å². The fraction of sp³-hybridized carbons (Fsp3) is 0.154. The number of hydrogen-bond donors (Lipinski definition) is 0. The average Bonchev–Trinajstić information content (AvgIpc) is 2.78. The van der Waals surface area contributed by atoms with Crippen LogP contribution in [0.4, 0.5) is 11.4 Å². The highest BCUT2D eigenvalue weighted by Gasteiger charge is 2.18. The van der Waals surface area contributed by atoms with Gasteiger partial charge in [-0.3, -0.25) is 9.78 Å². The van der Waals surface area contributed by atoms with Gasteiger partial charge in [0.2, 0.25) is 5.91 Å². The van der Waals surface area contributed by atoms with Crippen molar-refractivity contribution in [1.29, 1.82) is 0 Å². The first kappa shape index (κ1) is 20.9.